The van der Waals surface area contributed by atoms with Crippen LogP contribution in [0.4, 0.5) is 0 Å². The molecule has 0 aromatic heterocycles. The number of aliphatic hydroxyl groups is 1. The second-order valence-corrected chi connectivity index (χ2v) is 3.17. The van der Waals surface area contributed by atoms with Gasteiger partial charge in [0.05, 0.1) is 6.61 Å². The molecule has 0 saturated heterocycles. The molecule has 0 rings (SSSR count). The van der Waals surface area contributed by atoms with E-state index in [9.17, 15) is 0 Å². The molecule has 48 valence electrons. The highest BCUT2D eigenvalue weighted by Crippen LogP contribution is 2.15. The zero-order valence-corrected chi connectivity index (χ0v) is 7.34. The van der Waals surface area contributed by atoms with E-state index < -0.39 is 0 Å². The summed E-state index contributed by atoms with van der Waals surface area (Å²) < 4.78 is 1.23. The van der Waals surface area contributed by atoms with Gasteiger partial charge in [0, 0.05) is 0 Å². The standard InChI is InChI=1S/C6H11IO/c1-5(2)6(7)3-4-8/h3,5,8H,4H2,1-2H3/b6-3-. The van der Waals surface area contributed by atoms with Gasteiger partial charge in [0.2, 0.25) is 0 Å². The zero-order chi connectivity index (χ0) is 6.57. The van der Waals surface area contributed by atoms with Gasteiger partial charge in [0.25, 0.3) is 0 Å². The SMILES string of the molecule is CC(C)/C(I)=C/CO. The van der Waals surface area contributed by atoms with Crippen LogP contribution in [0.1, 0.15) is 13.8 Å². The quantitative estimate of drug-likeness (QED) is 0.713. The van der Waals surface area contributed by atoms with E-state index >= 15 is 0 Å². The number of aliphatic hydroxyl groups excluding tert-OH is 1. The minimum Gasteiger partial charge on any atom is -0.392 e. The first-order valence-electron chi connectivity index (χ1n) is 2.65. The minimum absolute atomic E-state index is 0.163. The lowest BCUT2D eigenvalue weighted by molar-refractivity contribution is 0.342. The average molecular weight is 226 g/mol. The Morgan fingerprint density at radius 2 is 2.25 bits per heavy atom. The van der Waals surface area contributed by atoms with Crippen molar-refractivity contribution < 1.29 is 5.11 Å². The third-order valence-corrected chi connectivity index (χ3v) is 2.52. The summed E-state index contributed by atoms with van der Waals surface area (Å²) in [6.45, 7) is 4.37. The van der Waals surface area contributed by atoms with E-state index in [2.05, 4.69) is 36.4 Å². The van der Waals surface area contributed by atoms with Crippen LogP contribution in [-0.4, -0.2) is 11.7 Å². The molecule has 0 spiro atoms. The van der Waals surface area contributed by atoms with E-state index in [0.717, 1.165) is 0 Å². The number of allylic oxidation sites excluding steroid dienone is 1. The first-order valence-corrected chi connectivity index (χ1v) is 3.72. The predicted molar refractivity (Wildman–Crippen MR) is 44.0 cm³/mol. The highest BCUT2D eigenvalue weighted by atomic mass is 127. The lowest BCUT2D eigenvalue weighted by atomic mass is 10.2. The normalized spacial score (nSPS) is 12.9. The van der Waals surface area contributed by atoms with Crippen LogP contribution in [-0.2, 0) is 0 Å². The van der Waals surface area contributed by atoms with E-state index in [1.165, 1.54) is 3.58 Å². The highest BCUT2D eigenvalue weighted by molar-refractivity contribution is 14.1. The molecule has 0 heterocycles. The van der Waals surface area contributed by atoms with Gasteiger partial charge < -0.3 is 5.11 Å². The Labute approximate surface area is 63.9 Å². The Kier molecular flexibility index (Phi) is 4.56. The fourth-order valence-corrected chi connectivity index (χ4v) is 0.520. The molecular weight excluding hydrogens is 215 g/mol. The lowest BCUT2D eigenvalue weighted by Crippen LogP contribution is -1.86. The van der Waals surface area contributed by atoms with Crippen molar-refractivity contribution in [3.05, 3.63) is 9.66 Å². The highest BCUT2D eigenvalue weighted by Gasteiger charge is 1.94. The first kappa shape index (κ1) is 8.43. The summed E-state index contributed by atoms with van der Waals surface area (Å²) in [4.78, 5) is 0. The predicted octanol–water partition coefficient (Wildman–Crippen LogP) is 1.95. The molecule has 0 radical (unpaired) electrons. The fraction of sp³-hybridized carbons (Fsp3) is 0.667. The largest absolute Gasteiger partial charge is 0.392 e. The van der Waals surface area contributed by atoms with Crippen LogP contribution in [0.3, 0.4) is 0 Å². The van der Waals surface area contributed by atoms with Gasteiger partial charge in [-0.25, -0.2) is 0 Å². The number of hydrogen-bond donors (Lipinski definition) is 1. The van der Waals surface area contributed by atoms with E-state index in [1.807, 2.05) is 6.08 Å². The van der Waals surface area contributed by atoms with Crippen molar-refractivity contribution in [1.82, 2.24) is 0 Å². The third kappa shape index (κ3) is 3.43. The molecule has 0 aromatic rings. The maximum Gasteiger partial charge on any atom is 0.0622 e. The van der Waals surface area contributed by atoms with Crippen molar-refractivity contribution >= 4 is 22.6 Å². The van der Waals surface area contributed by atoms with Gasteiger partial charge in [-0.1, -0.05) is 13.8 Å². The van der Waals surface area contributed by atoms with Crippen LogP contribution in [0, 0.1) is 5.92 Å². The van der Waals surface area contributed by atoms with Crippen molar-refractivity contribution in [2.24, 2.45) is 5.92 Å². The van der Waals surface area contributed by atoms with Gasteiger partial charge in [-0.3, -0.25) is 0 Å². The molecule has 0 atom stereocenters. The summed E-state index contributed by atoms with van der Waals surface area (Å²) in [6, 6.07) is 0. The molecule has 0 aromatic carbocycles. The molecule has 1 nitrogen and oxygen atoms in total. The molecule has 1 N–H and O–H groups in total. The summed E-state index contributed by atoms with van der Waals surface area (Å²) >= 11 is 2.23. The van der Waals surface area contributed by atoms with Gasteiger partial charge in [-0.05, 0) is 38.2 Å². The van der Waals surface area contributed by atoms with Crippen LogP contribution in [0.5, 0.6) is 0 Å². The van der Waals surface area contributed by atoms with Gasteiger partial charge in [-0.2, -0.15) is 0 Å². The van der Waals surface area contributed by atoms with Gasteiger partial charge >= 0.3 is 0 Å². The van der Waals surface area contributed by atoms with Crippen LogP contribution in [0.25, 0.3) is 0 Å². The van der Waals surface area contributed by atoms with E-state index in [1.54, 1.807) is 0 Å². The molecule has 0 aliphatic heterocycles. The average Bonchev–Trinajstić information content (AvgIpc) is 1.67. The van der Waals surface area contributed by atoms with Gasteiger partial charge in [0.15, 0.2) is 0 Å². The summed E-state index contributed by atoms with van der Waals surface area (Å²) in [7, 11) is 0. The van der Waals surface area contributed by atoms with E-state index in [4.69, 9.17) is 5.11 Å². The molecule has 0 amide bonds. The van der Waals surface area contributed by atoms with Crippen molar-refractivity contribution in [1.29, 1.82) is 0 Å². The summed E-state index contributed by atoms with van der Waals surface area (Å²) in [5.74, 6) is 0.558. The molecular formula is C6H11IO. The minimum atomic E-state index is 0.163. The molecule has 8 heavy (non-hydrogen) atoms. The van der Waals surface area contributed by atoms with Crippen LogP contribution in [0.15, 0.2) is 9.66 Å². The Balaban J connectivity index is 3.61. The second-order valence-electron chi connectivity index (χ2n) is 1.93. The van der Waals surface area contributed by atoms with E-state index in [-0.39, 0.29) is 6.61 Å². The van der Waals surface area contributed by atoms with Crippen LogP contribution >= 0.6 is 22.6 Å². The fourth-order valence-electron chi connectivity index (χ4n) is 0.323. The lowest BCUT2D eigenvalue weighted by Gasteiger charge is -1.99. The maximum absolute atomic E-state index is 8.40. The van der Waals surface area contributed by atoms with Gasteiger partial charge in [-0.15, -0.1) is 0 Å². The number of halogens is 1. The molecule has 0 aliphatic carbocycles. The van der Waals surface area contributed by atoms with Gasteiger partial charge in [0.1, 0.15) is 0 Å². The molecule has 2 heteroatoms. The molecule has 0 fully saturated rings. The maximum atomic E-state index is 8.40. The molecule has 0 bridgehead atoms. The monoisotopic (exact) mass is 226 g/mol. The summed E-state index contributed by atoms with van der Waals surface area (Å²) in [5.41, 5.74) is 0. The molecule has 0 saturated carbocycles. The molecule has 0 aliphatic rings. The Bertz CT molecular complexity index is 86.5. The topological polar surface area (TPSA) is 20.2 Å². The smallest absolute Gasteiger partial charge is 0.0622 e. The molecule has 0 unspecified atom stereocenters. The first-order chi connectivity index (χ1) is 3.68. The Morgan fingerprint density at radius 3 is 2.38 bits per heavy atom. The van der Waals surface area contributed by atoms with Crippen molar-refractivity contribution in [3.8, 4) is 0 Å². The zero-order valence-electron chi connectivity index (χ0n) is 5.19. The van der Waals surface area contributed by atoms with E-state index in [0.29, 0.717) is 5.92 Å². The van der Waals surface area contributed by atoms with Crippen molar-refractivity contribution in [2.45, 2.75) is 13.8 Å². The summed E-state index contributed by atoms with van der Waals surface area (Å²) in [6.07, 6.45) is 1.82. The Hall–Kier alpha value is 0.430. The second kappa shape index (κ2) is 4.32. The Morgan fingerprint density at radius 1 is 1.75 bits per heavy atom. The van der Waals surface area contributed by atoms with Crippen molar-refractivity contribution in [2.75, 3.05) is 6.61 Å². The summed E-state index contributed by atoms with van der Waals surface area (Å²) in [5, 5.41) is 8.40. The third-order valence-electron chi connectivity index (χ3n) is 0.838. The number of rotatable bonds is 2. The van der Waals surface area contributed by atoms with Crippen LogP contribution in [0.2, 0.25) is 0 Å². The van der Waals surface area contributed by atoms with Crippen LogP contribution < -0.4 is 0 Å². The number of hydrogen-bond acceptors (Lipinski definition) is 1. The van der Waals surface area contributed by atoms with Crippen molar-refractivity contribution in [3.63, 3.8) is 0 Å².